The summed E-state index contributed by atoms with van der Waals surface area (Å²) in [4.78, 5) is 3.30. The van der Waals surface area contributed by atoms with E-state index >= 15 is 0 Å². The third-order valence-corrected chi connectivity index (χ3v) is 2.54. The Kier molecular flexibility index (Phi) is 2.12. The molecule has 0 unspecified atom stereocenters. The Morgan fingerprint density at radius 3 is 3.15 bits per heavy atom. The summed E-state index contributed by atoms with van der Waals surface area (Å²) in [6.45, 7) is 4.36. The van der Waals surface area contributed by atoms with Crippen LogP contribution in [0.1, 0.15) is 37.1 Å². The molecule has 1 nitrogen and oxygen atoms in total. The van der Waals surface area contributed by atoms with Gasteiger partial charge in [0.25, 0.3) is 0 Å². The second-order valence-corrected chi connectivity index (χ2v) is 3.70. The number of hydrogen-bond acceptors (Lipinski definition) is 0. The minimum Gasteiger partial charge on any atom is -0.361 e. The van der Waals surface area contributed by atoms with E-state index in [4.69, 9.17) is 0 Å². The van der Waals surface area contributed by atoms with Crippen LogP contribution >= 0.6 is 0 Å². The van der Waals surface area contributed by atoms with Crippen LogP contribution in [-0.4, -0.2) is 4.98 Å². The lowest BCUT2D eigenvalue weighted by Gasteiger charge is -2.06. The van der Waals surface area contributed by atoms with Crippen molar-refractivity contribution in [2.24, 2.45) is 0 Å². The molecule has 0 aromatic carbocycles. The molecule has 0 radical (unpaired) electrons. The van der Waals surface area contributed by atoms with Gasteiger partial charge in [0.15, 0.2) is 0 Å². The smallest absolute Gasteiger partial charge is 0.0497 e. The fraction of sp³-hybridized carbons (Fsp3) is 0.417. The Labute approximate surface area is 79.2 Å². The monoisotopic (exact) mass is 173 g/mol. The van der Waals surface area contributed by atoms with Crippen LogP contribution in [0.25, 0.3) is 6.08 Å². The lowest BCUT2D eigenvalue weighted by atomic mass is 9.97. The summed E-state index contributed by atoms with van der Waals surface area (Å²) in [7, 11) is 0. The first-order chi connectivity index (χ1) is 6.31. The van der Waals surface area contributed by atoms with Crippen molar-refractivity contribution in [1.29, 1.82) is 0 Å². The topological polar surface area (TPSA) is 15.8 Å². The van der Waals surface area contributed by atoms with Gasteiger partial charge in [0.2, 0.25) is 0 Å². The van der Waals surface area contributed by atoms with Crippen molar-refractivity contribution >= 4 is 6.08 Å². The van der Waals surface area contributed by atoms with Gasteiger partial charge in [0.1, 0.15) is 0 Å². The van der Waals surface area contributed by atoms with E-state index in [1.807, 2.05) is 0 Å². The van der Waals surface area contributed by atoms with Crippen LogP contribution in [0.2, 0.25) is 0 Å². The summed E-state index contributed by atoms with van der Waals surface area (Å²) < 4.78 is 0. The van der Waals surface area contributed by atoms with Crippen LogP contribution in [0.15, 0.2) is 17.5 Å². The molecule has 1 aliphatic rings. The van der Waals surface area contributed by atoms with Gasteiger partial charge in [-0.25, -0.2) is 0 Å². The van der Waals surface area contributed by atoms with Gasteiger partial charge in [0.05, 0.1) is 0 Å². The molecule has 0 saturated carbocycles. The Morgan fingerprint density at radius 1 is 1.54 bits per heavy atom. The molecule has 1 heteroatoms. The number of hydrogen-bond donors (Lipinski definition) is 1. The van der Waals surface area contributed by atoms with Crippen LogP contribution < -0.4 is 0 Å². The third-order valence-electron chi connectivity index (χ3n) is 2.54. The number of aromatic nitrogens is 1. The summed E-state index contributed by atoms with van der Waals surface area (Å²) >= 11 is 0. The van der Waals surface area contributed by atoms with Crippen LogP contribution in [0.4, 0.5) is 0 Å². The molecule has 1 aromatic heterocycles. The van der Waals surface area contributed by atoms with E-state index in [2.05, 4.69) is 36.8 Å². The van der Waals surface area contributed by atoms with Crippen molar-refractivity contribution in [3.05, 3.63) is 34.3 Å². The van der Waals surface area contributed by atoms with Crippen LogP contribution in [0.3, 0.4) is 0 Å². The highest BCUT2D eigenvalue weighted by Gasteiger charge is 2.11. The molecule has 0 spiro atoms. The van der Waals surface area contributed by atoms with E-state index in [9.17, 15) is 0 Å². The number of fused-ring (bicyclic) bond motifs is 1. The van der Waals surface area contributed by atoms with Gasteiger partial charge >= 0.3 is 0 Å². The zero-order chi connectivity index (χ0) is 9.26. The number of H-pyrrole nitrogens is 1. The minimum absolute atomic E-state index is 1.07. The van der Waals surface area contributed by atoms with E-state index < -0.39 is 0 Å². The van der Waals surface area contributed by atoms with E-state index in [1.54, 1.807) is 0 Å². The molecule has 13 heavy (non-hydrogen) atoms. The van der Waals surface area contributed by atoms with Gasteiger partial charge in [-0.05, 0) is 30.0 Å². The standard InChI is InChI=1S/C12H15N/c1-3-4-10-8-13-12-6-5-9(2)7-11(10)12/h6,8,13H,3-4,7H2,1-2H3. The van der Waals surface area contributed by atoms with Crippen molar-refractivity contribution in [1.82, 2.24) is 4.98 Å². The van der Waals surface area contributed by atoms with Crippen molar-refractivity contribution in [2.75, 3.05) is 0 Å². The maximum atomic E-state index is 3.30. The van der Waals surface area contributed by atoms with Gasteiger partial charge in [-0.15, -0.1) is 5.73 Å². The molecule has 1 heterocycles. The quantitative estimate of drug-likeness (QED) is 0.661. The van der Waals surface area contributed by atoms with Crippen molar-refractivity contribution < 1.29 is 0 Å². The molecule has 0 aliphatic heterocycles. The van der Waals surface area contributed by atoms with Crippen molar-refractivity contribution in [3.63, 3.8) is 0 Å². The average molecular weight is 173 g/mol. The normalized spacial score (nSPS) is 14.2. The second-order valence-electron chi connectivity index (χ2n) is 3.70. The van der Waals surface area contributed by atoms with Gasteiger partial charge < -0.3 is 4.98 Å². The maximum Gasteiger partial charge on any atom is 0.0497 e. The molecule has 0 atom stereocenters. The van der Waals surface area contributed by atoms with Gasteiger partial charge in [-0.3, -0.25) is 0 Å². The highest BCUT2D eigenvalue weighted by molar-refractivity contribution is 5.56. The molecule has 1 aliphatic carbocycles. The Balaban J connectivity index is 2.37. The maximum absolute atomic E-state index is 3.30. The molecular weight excluding hydrogens is 158 g/mol. The predicted molar refractivity (Wildman–Crippen MR) is 55.7 cm³/mol. The zero-order valence-corrected chi connectivity index (χ0v) is 8.28. The summed E-state index contributed by atoms with van der Waals surface area (Å²) in [6.07, 6.45) is 7.69. The molecule has 68 valence electrons. The molecule has 1 aromatic rings. The Hall–Kier alpha value is -1.20. The van der Waals surface area contributed by atoms with Gasteiger partial charge in [0, 0.05) is 24.4 Å². The highest BCUT2D eigenvalue weighted by Crippen LogP contribution is 2.23. The Bertz CT molecular complexity index is 376. The summed E-state index contributed by atoms with van der Waals surface area (Å²) in [5, 5.41) is 0. The third kappa shape index (κ3) is 1.48. The van der Waals surface area contributed by atoms with Crippen molar-refractivity contribution in [2.45, 2.75) is 33.1 Å². The van der Waals surface area contributed by atoms with E-state index in [1.165, 1.54) is 35.2 Å². The molecular formula is C12H15N. The number of allylic oxidation sites excluding steroid dienone is 1. The molecule has 0 fully saturated rings. The van der Waals surface area contributed by atoms with Gasteiger partial charge in [-0.2, -0.15) is 0 Å². The fourth-order valence-corrected chi connectivity index (χ4v) is 1.85. The van der Waals surface area contributed by atoms with E-state index in [0.29, 0.717) is 0 Å². The average Bonchev–Trinajstić information content (AvgIpc) is 2.49. The Morgan fingerprint density at radius 2 is 2.38 bits per heavy atom. The van der Waals surface area contributed by atoms with E-state index in [0.717, 1.165) is 6.42 Å². The van der Waals surface area contributed by atoms with Gasteiger partial charge in [-0.1, -0.05) is 13.3 Å². The van der Waals surface area contributed by atoms with E-state index in [-0.39, 0.29) is 0 Å². The molecule has 2 rings (SSSR count). The molecule has 0 saturated heterocycles. The first kappa shape index (κ1) is 8.40. The number of rotatable bonds is 2. The van der Waals surface area contributed by atoms with Crippen molar-refractivity contribution in [3.8, 4) is 0 Å². The minimum atomic E-state index is 1.07. The van der Waals surface area contributed by atoms with Crippen LogP contribution in [0.5, 0.6) is 0 Å². The predicted octanol–water partition coefficient (Wildman–Crippen LogP) is 3.08. The fourth-order valence-electron chi connectivity index (χ4n) is 1.85. The lowest BCUT2D eigenvalue weighted by Crippen LogP contribution is -1.95. The molecule has 0 bridgehead atoms. The number of aryl methyl sites for hydroxylation is 1. The summed E-state index contributed by atoms with van der Waals surface area (Å²) in [6, 6.07) is 0. The lowest BCUT2D eigenvalue weighted by molar-refractivity contribution is 0.907. The molecule has 1 N–H and O–H groups in total. The largest absolute Gasteiger partial charge is 0.361 e. The molecule has 0 amide bonds. The first-order valence-electron chi connectivity index (χ1n) is 4.92. The number of aromatic amines is 1. The SMILES string of the molecule is CCCc1c[nH]c2c1CC(C)=C=C2. The first-order valence-corrected chi connectivity index (χ1v) is 4.92. The highest BCUT2D eigenvalue weighted by atomic mass is 14.7. The summed E-state index contributed by atoms with van der Waals surface area (Å²) in [5.74, 6) is 0. The van der Waals surface area contributed by atoms with Crippen LogP contribution in [0, 0.1) is 0 Å². The summed E-state index contributed by atoms with van der Waals surface area (Å²) in [5.41, 5.74) is 8.82. The second kappa shape index (κ2) is 3.27. The zero-order valence-electron chi connectivity index (χ0n) is 8.28. The van der Waals surface area contributed by atoms with Crippen LogP contribution in [-0.2, 0) is 12.8 Å². The number of nitrogens with one attached hydrogen (secondary N) is 1.